The predicted molar refractivity (Wildman–Crippen MR) is 262 cm³/mol. The number of hydrogen-bond acceptors (Lipinski definition) is 12. The van der Waals surface area contributed by atoms with Gasteiger partial charge in [0.15, 0.2) is 5.82 Å². The van der Waals surface area contributed by atoms with Gasteiger partial charge in [-0.2, -0.15) is 0 Å². The molecule has 0 bridgehead atoms. The van der Waals surface area contributed by atoms with Gasteiger partial charge in [-0.1, -0.05) is 114 Å². The molecule has 8 N–H and O–H groups in total. The Hall–Kier alpha value is -5.90. The number of carbonyl (C=O) groups is 3. The van der Waals surface area contributed by atoms with Crippen molar-refractivity contribution in [1.29, 1.82) is 0 Å². The fraction of sp³-hybridized carbons (Fsp3) is 0.451. The van der Waals surface area contributed by atoms with E-state index in [1.165, 1.54) is 16.0 Å². The zero-order valence-corrected chi connectivity index (χ0v) is 39.6. The molecule has 15 heteroatoms. The number of phenolic OH excluding ortho intramolecular Hbond substituents is 1. The van der Waals surface area contributed by atoms with Gasteiger partial charge in [0.2, 0.25) is 17.7 Å². The molecule has 3 aromatic carbocycles. The van der Waals surface area contributed by atoms with Crippen molar-refractivity contribution in [2.24, 2.45) is 5.41 Å². The van der Waals surface area contributed by atoms with E-state index in [0.29, 0.717) is 42.3 Å². The van der Waals surface area contributed by atoms with Gasteiger partial charge >= 0.3 is 0 Å². The van der Waals surface area contributed by atoms with E-state index in [0.717, 1.165) is 86.2 Å². The van der Waals surface area contributed by atoms with Crippen LogP contribution in [0.2, 0.25) is 0 Å². The van der Waals surface area contributed by atoms with Crippen molar-refractivity contribution in [3.63, 3.8) is 0 Å². The van der Waals surface area contributed by atoms with Crippen LogP contribution in [0.1, 0.15) is 101 Å². The number of phenols is 1. The highest BCUT2D eigenvalue weighted by Gasteiger charge is 2.44. The van der Waals surface area contributed by atoms with E-state index in [4.69, 9.17) is 5.73 Å². The number of benzene rings is 3. The molecule has 3 amide bonds. The minimum atomic E-state index is -0.834. The molecular weight excluding hydrogens is 851 g/mol. The Labute approximate surface area is 393 Å². The highest BCUT2D eigenvalue weighted by atomic mass is 32.1. The third kappa shape index (κ3) is 14.3. The molecule has 0 unspecified atom stereocenters. The maximum Gasteiger partial charge on any atom is 0.246 e. The number of aliphatic hydroxyl groups is 1. The number of likely N-dealkylation sites (tertiary alicyclic amines) is 1. The Morgan fingerprint density at radius 3 is 2.23 bits per heavy atom. The standard InChI is InChI=1S/C51H67N9O5S/c1-34-46(66-33-56-34)38-23-21-37(22-24-38)31-55-49(64)43-28-39(61)32-60(43)50(65)47(51(2,3)4)57-45(63)16-10-8-6-5-7-9-13-26-53-30-36-19-17-35(18-20-36)25-27-54-42-29-41(58-59-48(42)52)40-14-11-12-15-44(40)62/h11-12,14-15,17-24,29,33,39,43,47,53,61-62H,5-10,13,16,25-28,30-32H2,1-4H3,(H2,52,59)(H,54,58)(H,55,64)(H,57,63)/t39-,43+,47-/m1/s1. The molecule has 3 atom stereocenters. The lowest BCUT2D eigenvalue weighted by atomic mass is 9.85. The second-order valence-corrected chi connectivity index (χ2v) is 19.2. The average Bonchev–Trinajstić information content (AvgIpc) is 3.92. The number of para-hydroxylation sites is 1. The topological polar surface area (TPSA) is 208 Å². The second-order valence-electron chi connectivity index (χ2n) is 18.4. The van der Waals surface area contributed by atoms with Crippen molar-refractivity contribution in [3.8, 4) is 27.4 Å². The Kier molecular flexibility index (Phi) is 18.0. The normalized spacial score (nSPS) is 15.4. The zero-order chi connectivity index (χ0) is 47.1. The van der Waals surface area contributed by atoms with Crippen LogP contribution in [0.3, 0.4) is 0 Å². The van der Waals surface area contributed by atoms with Crippen LogP contribution in [0.5, 0.6) is 5.75 Å². The molecule has 352 valence electrons. The summed E-state index contributed by atoms with van der Waals surface area (Å²) in [6, 6.07) is 23.7. The van der Waals surface area contributed by atoms with Crippen LogP contribution < -0.4 is 27.0 Å². The Morgan fingerprint density at radius 1 is 0.864 bits per heavy atom. The summed E-state index contributed by atoms with van der Waals surface area (Å²) < 4.78 is 0. The summed E-state index contributed by atoms with van der Waals surface area (Å²) in [7, 11) is 0. The molecule has 6 rings (SSSR count). The number of nitrogens with zero attached hydrogens (tertiary/aromatic N) is 4. The summed E-state index contributed by atoms with van der Waals surface area (Å²) in [6.07, 6.45) is 7.70. The van der Waals surface area contributed by atoms with Gasteiger partial charge in [-0.3, -0.25) is 14.4 Å². The van der Waals surface area contributed by atoms with Gasteiger partial charge in [-0.05, 0) is 78.6 Å². The van der Waals surface area contributed by atoms with Gasteiger partial charge in [0.25, 0.3) is 0 Å². The smallest absolute Gasteiger partial charge is 0.246 e. The number of β-amino-alcohol motifs (C(OH)–C–C–N with tert-alkyl or cyclic N) is 1. The number of aryl methyl sites for hydroxylation is 1. The number of amides is 3. The Bertz CT molecular complexity index is 2350. The number of aromatic hydroxyl groups is 1. The summed E-state index contributed by atoms with van der Waals surface area (Å²) in [5.41, 5.74) is 14.5. The van der Waals surface area contributed by atoms with E-state index in [9.17, 15) is 24.6 Å². The summed E-state index contributed by atoms with van der Waals surface area (Å²) in [5.74, 6) is -0.393. The van der Waals surface area contributed by atoms with Gasteiger partial charge in [-0.25, -0.2) is 4.98 Å². The van der Waals surface area contributed by atoms with Crippen LogP contribution in [-0.4, -0.2) is 85.8 Å². The first kappa shape index (κ1) is 49.5. The molecule has 1 fully saturated rings. The summed E-state index contributed by atoms with van der Waals surface area (Å²) in [4.78, 5) is 47.4. The average molecular weight is 918 g/mol. The van der Waals surface area contributed by atoms with Gasteiger partial charge in [0.05, 0.1) is 33.6 Å². The minimum Gasteiger partial charge on any atom is -0.507 e. The number of anilines is 2. The Balaban J connectivity index is 0.817. The SMILES string of the molecule is Cc1ncsc1-c1ccc(CNC(=O)[C@@H]2C[C@@H](O)CN2C(=O)[C@@H](NC(=O)CCCCCCCCCNCc2ccc(CCNc3cc(-c4ccccc4O)nnc3N)cc2)C(C)(C)C)cc1. The highest BCUT2D eigenvalue weighted by molar-refractivity contribution is 7.13. The molecule has 14 nitrogen and oxygen atoms in total. The molecule has 0 radical (unpaired) electrons. The first-order chi connectivity index (χ1) is 31.8. The third-order valence-electron chi connectivity index (χ3n) is 12.1. The van der Waals surface area contributed by atoms with Gasteiger partial charge in [0.1, 0.15) is 17.8 Å². The largest absolute Gasteiger partial charge is 0.507 e. The molecule has 3 heterocycles. The molecule has 0 spiro atoms. The molecule has 66 heavy (non-hydrogen) atoms. The number of aliphatic hydroxyl groups excluding tert-OH is 1. The zero-order valence-electron chi connectivity index (χ0n) is 38.8. The van der Waals surface area contributed by atoms with Crippen molar-refractivity contribution in [2.45, 2.75) is 123 Å². The number of nitrogens with two attached hydrogens (primary N) is 1. The second kappa shape index (κ2) is 24.0. The highest BCUT2D eigenvalue weighted by Crippen LogP contribution is 2.31. The number of nitrogen functional groups attached to an aromatic ring is 1. The van der Waals surface area contributed by atoms with Crippen molar-refractivity contribution < 1.29 is 24.6 Å². The van der Waals surface area contributed by atoms with Crippen LogP contribution >= 0.6 is 11.3 Å². The summed E-state index contributed by atoms with van der Waals surface area (Å²) in [6.45, 7) is 10.5. The number of aromatic nitrogens is 3. The van der Waals surface area contributed by atoms with Crippen LogP contribution in [0.15, 0.2) is 84.4 Å². The first-order valence-electron chi connectivity index (χ1n) is 23.3. The molecular formula is C51H67N9O5S. The predicted octanol–water partition coefficient (Wildman–Crippen LogP) is 7.54. The molecule has 5 aromatic rings. The Morgan fingerprint density at radius 2 is 1.53 bits per heavy atom. The van der Waals surface area contributed by atoms with Crippen LogP contribution in [0.4, 0.5) is 11.5 Å². The minimum absolute atomic E-state index is 0.0434. The number of thiazole rings is 1. The molecule has 1 aliphatic heterocycles. The maximum absolute atomic E-state index is 14.0. The van der Waals surface area contributed by atoms with E-state index in [2.05, 4.69) is 60.7 Å². The number of nitrogens with one attached hydrogen (secondary N) is 4. The van der Waals surface area contributed by atoms with E-state index in [1.54, 1.807) is 29.5 Å². The van der Waals surface area contributed by atoms with Crippen LogP contribution in [0.25, 0.3) is 21.7 Å². The van der Waals surface area contributed by atoms with Gasteiger partial charge < -0.3 is 42.1 Å². The van der Waals surface area contributed by atoms with Crippen molar-refractivity contribution in [3.05, 3.63) is 107 Å². The summed E-state index contributed by atoms with van der Waals surface area (Å²) >= 11 is 1.59. The van der Waals surface area contributed by atoms with Crippen molar-refractivity contribution in [1.82, 2.24) is 36.0 Å². The van der Waals surface area contributed by atoms with E-state index in [1.807, 2.05) is 69.6 Å². The first-order valence-corrected chi connectivity index (χ1v) is 24.1. The number of carbonyl (C=O) groups excluding carboxylic acids is 3. The lowest BCUT2D eigenvalue weighted by molar-refractivity contribution is -0.144. The van der Waals surface area contributed by atoms with E-state index >= 15 is 0 Å². The fourth-order valence-electron chi connectivity index (χ4n) is 8.20. The van der Waals surface area contributed by atoms with Crippen LogP contribution in [-0.2, 0) is 33.9 Å². The number of hydrogen-bond donors (Lipinski definition) is 7. The molecule has 1 aliphatic rings. The van der Waals surface area contributed by atoms with E-state index < -0.39 is 23.6 Å². The van der Waals surface area contributed by atoms with E-state index in [-0.39, 0.29) is 36.4 Å². The molecule has 0 aliphatic carbocycles. The lowest BCUT2D eigenvalue weighted by Crippen LogP contribution is -2.57. The lowest BCUT2D eigenvalue weighted by Gasteiger charge is -2.35. The fourth-order valence-corrected chi connectivity index (χ4v) is 9.01. The molecule has 1 saturated heterocycles. The van der Waals surface area contributed by atoms with Gasteiger partial charge in [0, 0.05) is 44.6 Å². The van der Waals surface area contributed by atoms with Crippen molar-refractivity contribution >= 4 is 40.6 Å². The van der Waals surface area contributed by atoms with Crippen LogP contribution in [0, 0.1) is 12.3 Å². The summed E-state index contributed by atoms with van der Waals surface area (Å²) in [5, 5.41) is 41.8. The monoisotopic (exact) mass is 917 g/mol. The third-order valence-corrected chi connectivity index (χ3v) is 13.0. The molecule has 2 aromatic heterocycles. The number of rotatable bonds is 23. The number of unbranched alkanes of at least 4 members (excludes halogenated alkanes) is 6. The van der Waals surface area contributed by atoms with Gasteiger partial charge in [-0.15, -0.1) is 21.5 Å². The molecule has 0 saturated carbocycles. The maximum atomic E-state index is 14.0. The quantitative estimate of drug-likeness (QED) is 0.0319. The van der Waals surface area contributed by atoms with Crippen molar-refractivity contribution in [2.75, 3.05) is 30.7 Å².